The normalized spacial score (nSPS) is 6.28. The first-order valence-corrected chi connectivity index (χ1v) is 13.9. The summed E-state index contributed by atoms with van der Waals surface area (Å²) in [6, 6.07) is 0. The van der Waals surface area contributed by atoms with Gasteiger partial charge >= 0.3 is 118 Å². The maximum Gasteiger partial charge on any atom is 0 e. The van der Waals surface area contributed by atoms with Crippen molar-refractivity contribution in [3.05, 3.63) is 69.4 Å². The van der Waals surface area contributed by atoms with Crippen LogP contribution >= 0.6 is 0 Å². The summed E-state index contributed by atoms with van der Waals surface area (Å²) in [5.41, 5.74) is 0.657. The molecule has 0 unspecified atom stereocenters. The van der Waals surface area contributed by atoms with Crippen molar-refractivity contribution in [1.82, 2.24) is 0 Å². The summed E-state index contributed by atoms with van der Waals surface area (Å²) in [4.78, 5) is 19.5. The summed E-state index contributed by atoms with van der Waals surface area (Å²) in [7, 11) is 1.00. The van der Waals surface area contributed by atoms with Crippen LogP contribution in [0.4, 0.5) is 0 Å². The van der Waals surface area contributed by atoms with Gasteiger partial charge in [0.15, 0.2) is 0 Å². The largest absolute Gasteiger partial charge is 0.447 e. The van der Waals surface area contributed by atoms with Gasteiger partial charge < -0.3 is 31.8 Å². The Morgan fingerprint density at radius 3 is 1.19 bits per heavy atom. The third kappa shape index (κ3) is 182. The molecule has 0 aromatic heterocycles. The third-order valence-corrected chi connectivity index (χ3v) is 2.47. The predicted octanol–water partition coefficient (Wildman–Crippen LogP) is 6.56. The Kier molecular flexibility index (Phi) is 297. The van der Waals surface area contributed by atoms with Crippen molar-refractivity contribution in [1.29, 1.82) is 0 Å². The maximum absolute atomic E-state index is 9.84. The summed E-state index contributed by atoms with van der Waals surface area (Å²) in [6.45, 7) is 40.3. The average molecular weight is 1290 g/mol. The van der Waals surface area contributed by atoms with Crippen LogP contribution in [0.15, 0.2) is 35.5 Å². The van der Waals surface area contributed by atoms with Crippen LogP contribution in [0.3, 0.4) is 0 Å². The molecule has 0 heterocycles. The van der Waals surface area contributed by atoms with Gasteiger partial charge in [-0.2, -0.15) is 0 Å². The quantitative estimate of drug-likeness (QED) is 0.187. The van der Waals surface area contributed by atoms with E-state index in [-0.39, 0.29) is 141 Å². The van der Waals surface area contributed by atoms with Crippen molar-refractivity contribution in [2.45, 2.75) is 69.2 Å². The minimum atomic E-state index is 0. The second-order valence-electron chi connectivity index (χ2n) is 2.95. The van der Waals surface area contributed by atoms with E-state index in [1.54, 1.807) is 23.0 Å². The molecule has 0 aliphatic rings. The van der Waals surface area contributed by atoms with Crippen LogP contribution in [0.5, 0.6) is 0 Å². The molecule has 9 heteroatoms. The molecule has 3 nitrogen and oxygen atoms in total. The van der Waals surface area contributed by atoms with Gasteiger partial charge in [-0.1, -0.05) is 69.2 Å². The van der Waals surface area contributed by atoms with E-state index in [2.05, 4.69) is 20.8 Å². The fraction of sp³-hybridized carbons (Fsp3) is 0.444. The van der Waals surface area contributed by atoms with Crippen molar-refractivity contribution in [3.8, 4) is 0 Å². The van der Waals surface area contributed by atoms with Gasteiger partial charge in [-0.3, -0.25) is 0 Å². The molecule has 0 amide bonds. The molecule has 0 bridgehead atoms. The minimum absolute atomic E-state index is 0. The monoisotopic (exact) mass is 1290 g/mol. The number of hydrogen-bond acceptors (Lipinski definition) is 3. The Balaban J connectivity index is -0.0000000161. The van der Waals surface area contributed by atoms with E-state index >= 15 is 0 Å². The molecule has 0 spiro atoms. The van der Waals surface area contributed by atoms with E-state index in [0.717, 1.165) is 7.11 Å². The first-order chi connectivity index (χ1) is 15.4. The molecular weight excluding hydrogens is 1240 g/mol. The fourth-order valence-corrected chi connectivity index (χ4v) is 1.12. The number of aliphatic hydroxyl groups is 1. The first-order valence-electron chi connectivity index (χ1n) is 10.5. The summed E-state index contributed by atoms with van der Waals surface area (Å²) in [6.07, 6.45) is 9.33. The maximum atomic E-state index is 9.84. The third-order valence-electron chi connectivity index (χ3n) is 0.993. The summed E-state index contributed by atoms with van der Waals surface area (Å²) < 4.78 is 3.58. The molecule has 36 heavy (non-hydrogen) atoms. The topological polar surface area (TPSA) is 54.4 Å². The van der Waals surface area contributed by atoms with Gasteiger partial charge in [-0.05, 0) is 0 Å². The van der Waals surface area contributed by atoms with Crippen molar-refractivity contribution >= 4 is 21.4 Å². The number of carbonyl (C=O) groups excluding carboxylic acids is 2. The van der Waals surface area contributed by atoms with Gasteiger partial charge in [0, 0.05) is 136 Å². The zero-order chi connectivity index (χ0) is 28.4. The van der Waals surface area contributed by atoms with Gasteiger partial charge in [-0.15, -0.1) is 0 Å². The number of allylic oxidation sites excluding steroid dienone is 6. The van der Waals surface area contributed by atoms with Crippen molar-refractivity contribution in [2.24, 2.45) is 5.92 Å². The van der Waals surface area contributed by atoms with Gasteiger partial charge in [0.1, 0.15) is 0 Å². The Morgan fingerprint density at radius 2 is 1.08 bits per heavy atom. The molecular formula is C27H49O3UW2Y3-7. The first kappa shape index (κ1) is 83.4. The Hall–Kier alpha value is 3.74. The summed E-state index contributed by atoms with van der Waals surface area (Å²) >= 11 is 2.55. The van der Waals surface area contributed by atoms with E-state index in [1.165, 1.54) is 56.9 Å². The molecule has 207 valence electrons. The number of rotatable bonds is 6. The minimum Gasteiger partial charge on any atom is -0.447 e. The SMILES string of the molecule is CC.CC.CC.CC.CC.CO.[CH-]=C([C-]=O)C=C[CH]=[W].[CH-]=CC=C([C-]=O)[CH]=[W].[CH2-]C([CH2-])[CH2-].[U].[Y].[Y].[Y]. The molecule has 0 fully saturated rings. The second kappa shape index (κ2) is 128. The van der Waals surface area contributed by atoms with Crippen LogP contribution in [0.1, 0.15) is 69.2 Å². The molecule has 3 radical (unpaired) electrons. The van der Waals surface area contributed by atoms with Crippen LogP contribution in [0.25, 0.3) is 0 Å². The summed E-state index contributed by atoms with van der Waals surface area (Å²) in [5.74, 6) is 0.0833. The van der Waals surface area contributed by atoms with Crippen LogP contribution in [-0.2, 0) is 146 Å². The molecule has 1 N–H and O–H groups in total. The van der Waals surface area contributed by atoms with Crippen molar-refractivity contribution in [3.63, 3.8) is 0 Å². The molecule has 0 saturated heterocycles. The molecule has 0 aromatic rings. The molecule has 0 aliphatic heterocycles. The zero-order valence-corrected chi connectivity index (χ0v) is 43.2. The second-order valence-corrected chi connectivity index (χ2v) is 4.78. The van der Waals surface area contributed by atoms with Crippen LogP contribution in [-0.4, -0.2) is 33.6 Å². The van der Waals surface area contributed by atoms with Gasteiger partial charge in [0.2, 0.25) is 0 Å². The Morgan fingerprint density at radius 1 is 0.806 bits per heavy atom. The van der Waals surface area contributed by atoms with Crippen LogP contribution in [0, 0.1) is 71.0 Å². The van der Waals surface area contributed by atoms with Crippen molar-refractivity contribution < 1.29 is 183 Å². The molecule has 0 rings (SSSR count). The molecule has 0 saturated carbocycles. The smallest absolute Gasteiger partial charge is 0 e. The molecule has 0 aliphatic carbocycles. The van der Waals surface area contributed by atoms with E-state index in [9.17, 15) is 9.59 Å². The Labute approximate surface area is 349 Å². The molecule has 0 atom stereocenters. The van der Waals surface area contributed by atoms with Crippen molar-refractivity contribution in [2.75, 3.05) is 7.11 Å². The predicted molar refractivity (Wildman–Crippen MR) is 142 cm³/mol. The van der Waals surface area contributed by atoms with E-state index in [1.807, 2.05) is 73.6 Å². The standard InChI is InChI=1S/2C6H4O.C4H7.5C2H6.CH4O.U.2W.3Y/c2*1-3-4-6(2)5-7;1-4(2)3;6*1-2;;;;;;/h2*1-4H;4H,1-3H2;5*1-2H3;2H,1H3;;;;;;/q2*-2;-3;;;;;;;;;;;;. The van der Waals surface area contributed by atoms with E-state index in [0.29, 0.717) is 5.57 Å². The van der Waals surface area contributed by atoms with Crippen LogP contribution < -0.4 is 0 Å². The average Bonchev–Trinajstić information content (AvgIpc) is 2.88. The Bertz CT molecular complexity index is 393. The van der Waals surface area contributed by atoms with Gasteiger partial charge in [0.05, 0.1) is 0 Å². The fourth-order valence-electron chi connectivity index (χ4n) is 0.378. The zero-order valence-electron chi connectivity index (χ0n) is 24.6. The van der Waals surface area contributed by atoms with E-state index < -0.39 is 0 Å². The molecule has 0 aromatic carbocycles. The van der Waals surface area contributed by atoms with Gasteiger partial charge in [-0.25, -0.2) is 0 Å². The summed E-state index contributed by atoms with van der Waals surface area (Å²) in [5, 5.41) is 7.00. The number of aliphatic hydroxyl groups excluding tert-OH is 1. The van der Waals surface area contributed by atoms with Gasteiger partial charge in [0.25, 0.3) is 0 Å². The number of hydrogen-bond donors (Lipinski definition) is 1. The van der Waals surface area contributed by atoms with Crippen LogP contribution in [0.2, 0.25) is 0 Å². The van der Waals surface area contributed by atoms with E-state index in [4.69, 9.17) is 18.3 Å².